The summed E-state index contributed by atoms with van der Waals surface area (Å²) in [5.74, 6) is 5.90. The fourth-order valence-electron chi connectivity index (χ4n) is 1.80. The summed E-state index contributed by atoms with van der Waals surface area (Å²) >= 11 is 0. The number of carbonyl (C=O) groups is 1. The summed E-state index contributed by atoms with van der Waals surface area (Å²) in [5.41, 5.74) is 2.50. The van der Waals surface area contributed by atoms with E-state index >= 15 is 0 Å². The van der Waals surface area contributed by atoms with E-state index in [0.717, 1.165) is 13.1 Å². The van der Waals surface area contributed by atoms with Gasteiger partial charge in [-0.2, -0.15) is 0 Å². The van der Waals surface area contributed by atoms with Gasteiger partial charge in [-0.15, -0.1) is 0 Å². The van der Waals surface area contributed by atoms with Crippen molar-refractivity contribution in [3.05, 3.63) is 24.2 Å². The summed E-state index contributed by atoms with van der Waals surface area (Å²) in [6.45, 7) is 3.05. The van der Waals surface area contributed by atoms with E-state index in [0.29, 0.717) is 18.8 Å². The highest BCUT2D eigenvalue weighted by Gasteiger charge is 2.27. The van der Waals surface area contributed by atoms with E-state index in [1.807, 2.05) is 0 Å². The first-order chi connectivity index (χ1) is 7.83. The molecule has 1 aromatic rings. The molecule has 2 rings (SSSR count). The van der Waals surface area contributed by atoms with Crippen molar-refractivity contribution in [1.29, 1.82) is 0 Å². The molecule has 2 heterocycles. The molecular weight excluding hydrogens is 208 g/mol. The molecule has 0 spiro atoms. The Morgan fingerprint density at radius 1 is 1.56 bits per heavy atom. The molecule has 1 amide bonds. The first kappa shape index (κ1) is 11.1. The Balaban J connectivity index is 2.06. The molecule has 1 unspecified atom stereocenters. The monoisotopic (exact) mass is 224 g/mol. The van der Waals surface area contributed by atoms with Crippen molar-refractivity contribution in [3.63, 3.8) is 0 Å². The summed E-state index contributed by atoms with van der Waals surface area (Å²) in [7, 11) is 0. The molecule has 0 saturated carbocycles. The minimum absolute atomic E-state index is 0.0426. The maximum absolute atomic E-state index is 12.1. The third-order valence-corrected chi connectivity index (χ3v) is 2.67. The Morgan fingerprint density at radius 2 is 2.31 bits per heavy atom. The van der Waals surface area contributed by atoms with Crippen LogP contribution in [0, 0.1) is 0 Å². The molecule has 4 N–H and O–H groups in total. The zero-order valence-corrected chi connectivity index (χ0v) is 8.98. The summed E-state index contributed by atoms with van der Waals surface area (Å²) in [6, 6.07) is 2.89. The predicted octanol–water partition coefficient (Wildman–Crippen LogP) is -0.784. The molecule has 16 heavy (non-hydrogen) atoms. The number of nitrogens with zero attached hydrogens (tertiary/aromatic N) is 1. The highest BCUT2D eigenvalue weighted by atomic mass is 16.3. The zero-order chi connectivity index (χ0) is 11.4. The Morgan fingerprint density at radius 3 is 2.88 bits per heavy atom. The van der Waals surface area contributed by atoms with Crippen LogP contribution in [0.2, 0.25) is 0 Å². The average molecular weight is 224 g/mol. The van der Waals surface area contributed by atoms with Crippen LogP contribution in [0.15, 0.2) is 22.8 Å². The lowest BCUT2D eigenvalue weighted by Gasteiger charge is -2.29. The van der Waals surface area contributed by atoms with Crippen LogP contribution in [0.25, 0.3) is 0 Å². The number of nitrogens with two attached hydrogens (primary N) is 1. The van der Waals surface area contributed by atoms with Gasteiger partial charge in [-0.3, -0.25) is 10.6 Å². The third-order valence-electron chi connectivity index (χ3n) is 2.67. The summed E-state index contributed by atoms with van der Waals surface area (Å²) in [6.07, 6.45) is 1.53. The van der Waals surface area contributed by atoms with Gasteiger partial charge in [0, 0.05) is 26.2 Å². The van der Waals surface area contributed by atoms with E-state index in [-0.39, 0.29) is 5.91 Å². The van der Waals surface area contributed by atoms with Gasteiger partial charge in [0.1, 0.15) is 5.76 Å². The van der Waals surface area contributed by atoms with Crippen molar-refractivity contribution in [2.75, 3.05) is 26.2 Å². The minimum atomic E-state index is -0.590. The second-order valence-corrected chi connectivity index (χ2v) is 3.69. The van der Waals surface area contributed by atoms with Crippen molar-refractivity contribution in [2.45, 2.75) is 6.04 Å². The highest BCUT2D eigenvalue weighted by molar-refractivity contribution is 5.82. The normalized spacial score (nSPS) is 18.4. The highest BCUT2D eigenvalue weighted by Crippen LogP contribution is 2.15. The van der Waals surface area contributed by atoms with Gasteiger partial charge in [0.05, 0.1) is 6.26 Å². The maximum Gasteiger partial charge on any atom is 0.248 e. The fraction of sp³-hybridized carbons (Fsp3) is 0.500. The van der Waals surface area contributed by atoms with Gasteiger partial charge in [-0.25, -0.2) is 5.43 Å². The number of hydrazine groups is 1. The van der Waals surface area contributed by atoms with Crippen LogP contribution < -0.4 is 16.6 Å². The first-order valence-corrected chi connectivity index (χ1v) is 5.32. The predicted molar refractivity (Wildman–Crippen MR) is 58.2 cm³/mol. The third kappa shape index (κ3) is 2.24. The van der Waals surface area contributed by atoms with Crippen molar-refractivity contribution < 1.29 is 9.21 Å². The summed E-state index contributed by atoms with van der Waals surface area (Å²) < 4.78 is 5.19. The zero-order valence-electron chi connectivity index (χ0n) is 8.98. The van der Waals surface area contributed by atoms with Gasteiger partial charge in [0.15, 0.2) is 6.04 Å². The quantitative estimate of drug-likeness (QED) is 0.463. The van der Waals surface area contributed by atoms with Crippen LogP contribution in [0.1, 0.15) is 11.8 Å². The number of rotatable bonds is 3. The van der Waals surface area contributed by atoms with E-state index in [9.17, 15) is 4.79 Å². The first-order valence-electron chi connectivity index (χ1n) is 5.32. The van der Waals surface area contributed by atoms with Gasteiger partial charge in [0.25, 0.3) is 0 Å². The van der Waals surface area contributed by atoms with E-state index < -0.39 is 6.04 Å². The molecule has 0 aliphatic carbocycles. The molecule has 0 bridgehead atoms. The molecule has 1 saturated heterocycles. The molecule has 1 aliphatic rings. The largest absolute Gasteiger partial charge is 0.467 e. The standard InChI is InChI=1S/C10H16N4O2/c11-13-9(8-2-1-7-16-8)10(15)14-5-3-12-4-6-14/h1-2,7,9,12-13H,3-6,11H2. The average Bonchev–Trinajstić information content (AvgIpc) is 2.85. The number of furan rings is 1. The molecule has 6 nitrogen and oxygen atoms in total. The van der Waals surface area contributed by atoms with Gasteiger partial charge >= 0.3 is 0 Å². The van der Waals surface area contributed by atoms with Crippen LogP contribution in [0.4, 0.5) is 0 Å². The van der Waals surface area contributed by atoms with Crippen LogP contribution in [-0.2, 0) is 4.79 Å². The minimum Gasteiger partial charge on any atom is -0.467 e. The van der Waals surface area contributed by atoms with Crippen LogP contribution in [0.3, 0.4) is 0 Å². The van der Waals surface area contributed by atoms with E-state index in [4.69, 9.17) is 10.3 Å². The van der Waals surface area contributed by atoms with Gasteiger partial charge in [-0.1, -0.05) is 0 Å². The smallest absolute Gasteiger partial charge is 0.248 e. The lowest BCUT2D eigenvalue weighted by molar-refractivity contribution is -0.134. The van der Waals surface area contributed by atoms with Gasteiger partial charge in [0.2, 0.25) is 5.91 Å². The molecular formula is C10H16N4O2. The van der Waals surface area contributed by atoms with E-state index in [1.165, 1.54) is 6.26 Å². The van der Waals surface area contributed by atoms with Crippen LogP contribution in [-0.4, -0.2) is 37.0 Å². The Bertz CT molecular complexity index is 333. The molecule has 0 aromatic carbocycles. The molecule has 6 heteroatoms. The number of piperazine rings is 1. The van der Waals surface area contributed by atoms with Gasteiger partial charge < -0.3 is 14.6 Å². The van der Waals surface area contributed by atoms with E-state index in [2.05, 4.69) is 10.7 Å². The molecule has 1 aliphatic heterocycles. The molecule has 1 atom stereocenters. The van der Waals surface area contributed by atoms with Crippen molar-refractivity contribution >= 4 is 5.91 Å². The number of hydrogen-bond donors (Lipinski definition) is 3. The van der Waals surface area contributed by atoms with Crippen LogP contribution >= 0.6 is 0 Å². The lowest BCUT2D eigenvalue weighted by Crippen LogP contribution is -2.50. The topological polar surface area (TPSA) is 83.5 Å². The summed E-state index contributed by atoms with van der Waals surface area (Å²) in [4.78, 5) is 13.9. The van der Waals surface area contributed by atoms with Crippen molar-refractivity contribution in [1.82, 2.24) is 15.6 Å². The lowest BCUT2D eigenvalue weighted by atomic mass is 10.2. The number of carbonyl (C=O) groups excluding carboxylic acids is 1. The Hall–Kier alpha value is -1.37. The number of hydrogen-bond acceptors (Lipinski definition) is 5. The van der Waals surface area contributed by atoms with Crippen molar-refractivity contribution in [2.24, 2.45) is 5.84 Å². The van der Waals surface area contributed by atoms with Crippen molar-refractivity contribution in [3.8, 4) is 0 Å². The Kier molecular flexibility index (Phi) is 3.55. The van der Waals surface area contributed by atoms with Crippen LogP contribution in [0.5, 0.6) is 0 Å². The van der Waals surface area contributed by atoms with E-state index in [1.54, 1.807) is 17.0 Å². The maximum atomic E-state index is 12.1. The second kappa shape index (κ2) is 5.11. The summed E-state index contributed by atoms with van der Waals surface area (Å²) in [5, 5.41) is 3.19. The molecule has 0 radical (unpaired) electrons. The Labute approximate surface area is 93.7 Å². The second-order valence-electron chi connectivity index (χ2n) is 3.69. The molecule has 1 fully saturated rings. The molecule has 1 aromatic heterocycles. The number of amides is 1. The number of nitrogens with one attached hydrogen (secondary N) is 2. The van der Waals surface area contributed by atoms with Gasteiger partial charge in [-0.05, 0) is 12.1 Å². The molecule has 88 valence electrons. The fourth-order valence-corrected chi connectivity index (χ4v) is 1.80. The SMILES string of the molecule is NNC(C(=O)N1CCNCC1)c1ccco1.